The van der Waals surface area contributed by atoms with Gasteiger partial charge in [-0.15, -0.1) is 0 Å². The minimum absolute atomic E-state index is 0.229. The lowest BCUT2D eigenvalue weighted by molar-refractivity contribution is 0.0535. The van der Waals surface area contributed by atoms with Gasteiger partial charge in [0.15, 0.2) is 5.58 Å². The molecule has 5 rings (SSSR count). The number of H-pyrrole nitrogens is 1. The number of benzene rings is 2. The first-order chi connectivity index (χ1) is 14.6. The molecule has 0 amide bonds. The molecule has 0 bridgehead atoms. The van der Waals surface area contributed by atoms with Crippen molar-refractivity contribution in [3.8, 4) is 5.69 Å². The highest BCUT2D eigenvalue weighted by Gasteiger charge is 2.23. The van der Waals surface area contributed by atoms with Crippen molar-refractivity contribution in [1.82, 2.24) is 20.1 Å². The van der Waals surface area contributed by atoms with Crippen LogP contribution in [-0.2, 0) is 24.3 Å². The van der Waals surface area contributed by atoms with Crippen molar-refractivity contribution in [3.63, 3.8) is 0 Å². The maximum atomic E-state index is 11.7. The molecule has 2 aromatic carbocycles. The van der Waals surface area contributed by atoms with Crippen molar-refractivity contribution in [1.29, 1.82) is 0 Å². The smallest absolute Gasteiger partial charge is 0.417 e. The molecule has 8 nitrogen and oxygen atoms in total. The lowest BCUT2D eigenvalue weighted by Gasteiger charge is -2.09. The molecule has 0 saturated heterocycles. The average Bonchev–Trinajstić information content (AvgIpc) is 3.44. The number of hydrogen-bond donors (Lipinski definition) is 2. The Bertz CT molecular complexity index is 1310. The standard InChI is InChI=1S/C22H20N4O4/c1-13-15(2-4-17-18(13)12-29-21(17)27)6-7-23-9-14-10-24-26(11-14)16-3-5-20-19(8-16)25-22(28)30-20/h2-5,8,10-11,23H,6-7,9,12H2,1H3,(H,25,28). The fourth-order valence-electron chi connectivity index (χ4n) is 3.80. The molecule has 0 unspecified atom stereocenters. The van der Waals surface area contributed by atoms with E-state index in [1.165, 1.54) is 5.56 Å². The van der Waals surface area contributed by atoms with Crippen molar-refractivity contribution in [2.45, 2.75) is 26.5 Å². The molecule has 8 heteroatoms. The lowest BCUT2D eigenvalue weighted by atomic mass is 9.97. The SMILES string of the molecule is Cc1c(CCNCc2cnn(-c3ccc4oc(=O)[nH]c4c3)c2)ccc2c1COC2=O. The first-order valence-corrected chi connectivity index (χ1v) is 9.74. The summed E-state index contributed by atoms with van der Waals surface area (Å²) in [4.78, 5) is 25.6. The summed E-state index contributed by atoms with van der Waals surface area (Å²) < 4.78 is 11.9. The summed E-state index contributed by atoms with van der Waals surface area (Å²) in [6, 6.07) is 9.31. The molecular weight excluding hydrogens is 384 g/mol. The van der Waals surface area contributed by atoms with E-state index in [2.05, 4.69) is 15.4 Å². The zero-order valence-electron chi connectivity index (χ0n) is 16.4. The molecular formula is C22H20N4O4. The van der Waals surface area contributed by atoms with Gasteiger partial charge >= 0.3 is 11.7 Å². The van der Waals surface area contributed by atoms with E-state index in [-0.39, 0.29) is 5.97 Å². The van der Waals surface area contributed by atoms with Gasteiger partial charge in [0.05, 0.1) is 23.0 Å². The number of ether oxygens (including phenoxy) is 1. The van der Waals surface area contributed by atoms with Crippen LogP contribution in [0.1, 0.15) is 32.6 Å². The van der Waals surface area contributed by atoms with E-state index in [9.17, 15) is 9.59 Å². The Hall–Kier alpha value is -3.65. The summed E-state index contributed by atoms with van der Waals surface area (Å²) in [5.41, 5.74) is 7.12. The zero-order chi connectivity index (χ0) is 20.7. The van der Waals surface area contributed by atoms with Gasteiger partial charge in [0.2, 0.25) is 0 Å². The molecule has 1 aliphatic rings. The van der Waals surface area contributed by atoms with E-state index in [4.69, 9.17) is 9.15 Å². The van der Waals surface area contributed by atoms with Gasteiger partial charge in [-0.2, -0.15) is 5.10 Å². The Labute approximate surface area is 171 Å². The maximum Gasteiger partial charge on any atom is 0.417 e. The van der Waals surface area contributed by atoms with Crippen LogP contribution in [0.15, 0.2) is 51.9 Å². The second-order valence-electron chi connectivity index (χ2n) is 7.37. The Morgan fingerprint density at radius 2 is 2.13 bits per heavy atom. The monoisotopic (exact) mass is 404 g/mol. The number of carbonyl (C=O) groups excluding carboxylic acids is 1. The highest BCUT2D eigenvalue weighted by Crippen LogP contribution is 2.26. The van der Waals surface area contributed by atoms with E-state index < -0.39 is 5.76 Å². The number of fused-ring (bicyclic) bond motifs is 2. The molecule has 3 heterocycles. The van der Waals surface area contributed by atoms with Gasteiger partial charge in [-0.1, -0.05) is 6.07 Å². The van der Waals surface area contributed by atoms with E-state index >= 15 is 0 Å². The first kappa shape index (κ1) is 18.4. The molecule has 0 atom stereocenters. The number of nitrogens with one attached hydrogen (secondary N) is 2. The van der Waals surface area contributed by atoms with Crippen LogP contribution in [-0.4, -0.2) is 27.3 Å². The van der Waals surface area contributed by atoms with Crippen molar-refractivity contribution in [3.05, 3.63) is 81.1 Å². The Morgan fingerprint density at radius 3 is 3.03 bits per heavy atom. The number of carbonyl (C=O) groups is 1. The van der Waals surface area contributed by atoms with Crippen LogP contribution in [0, 0.1) is 6.92 Å². The summed E-state index contributed by atoms with van der Waals surface area (Å²) >= 11 is 0. The second kappa shape index (κ2) is 7.31. The molecule has 0 fully saturated rings. The molecule has 0 saturated carbocycles. The minimum atomic E-state index is -0.467. The van der Waals surface area contributed by atoms with Crippen LogP contribution in [0.3, 0.4) is 0 Å². The van der Waals surface area contributed by atoms with Crippen LogP contribution in [0.25, 0.3) is 16.8 Å². The lowest BCUT2D eigenvalue weighted by Crippen LogP contribution is -2.17. The van der Waals surface area contributed by atoms with E-state index in [1.54, 1.807) is 10.7 Å². The van der Waals surface area contributed by atoms with Crippen molar-refractivity contribution < 1.29 is 13.9 Å². The largest absolute Gasteiger partial charge is 0.457 e. The highest BCUT2D eigenvalue weighted by molar-refractivity contribution is 5.93. The van der Waals surface area contributed by atoms with Crippen molar-refractivity contribution >= 4 is 17.1 Å². The quantitative estimate of drug-likeness (QED) is 0.378. The number of nitrogens with zero attached hydrogens (tertiary/aromatic N) is 2. The van der Waals surface area contributed by atoms with Gasteiger partial charge in [-0.3, -0.25) is 4.98 Å². The number of esters is 1. The number of hydrogen-bond acceptors (Lipinski definition) is 6. The number of cyclic esters (lactones) is 1. The molecule has 30 heavy (non-hydrogen) atoms. The van der Waals surface area contributed by atoms with Gasteiger partial charge in [0, 0.05) is 23.9 Å². The summed E-state index contributed by atoms with van der Waals surface area (Å²) in [6.07, 6.45) is 4.64. The Morgan fingerprint density at radius 1 is 1.23 bits per heavy atom. The van der Waals surface area contributed by atoms with E-state index in [1.807, 2.05) is 43.6 Å². The molecule has 0 spiro atoms. The van der Waals surface area contributed by atoms with Crippen LogP contribution < -0.4 is 11.1 Å². The molecule has 0 radical (unpaired) electrons. The average molecular weight is 404 g/mol. The summed E-state index contributed by atoms with van der Waals surface area (Å²) in [7, 11) is 0. The van der Waals surface area contributed by atoms with Gasteiger partial charge in [-0.25, -0.2) is 14.3 Å². The molecule has 1 aliphatic heterocycles. The Kier molecular flexibility index (Phi) is 4.48. The van der Waals surface area contributed by atoms with E-state index in [0.29, 0.717) is 29.8 Å². The summed E-state index contributed by atoms with van der Waals surface area (Å²) in [6.45, 7) is 3.92. The highest BCUT2D eigenvalue weighted by atomic mass is 16.5. The third kappa shape index (κ3) is 3.31. The van der Waals surface area contributed by atoms with Gasteiger partial charge in [0.25, 0.3) is 0 Å². The van der Waals surface area contributed by atoms with Gasteiger partial charge < -0.3 is 14.5 Å². The number of aromatic nitrogens is 3. The first-order valence-electron chi connectivity index (χ1n) is 9.74. The molecule has 2 N–H and O–H groups in total. The van der Waals surface area contributed by atoms with Gasteiger partial charge in [-0.05, 0) is 55.3 Å². The number of rotatable bonds is 6. The predicted octanol–water partition coefficient (Wildman–Crippen LogP) is 2.62. The minimum Gasteiger partial charge on any atom is -0.457 e. The van der Waals surface area contributed by atoms with Crippen LogP contribution in [0.5, 0.6) is 0 Å². The van der Waals surface area contributed by atoms with Crippen LogP contribution in [0.4, 0.5) is 0 Å². The summed E-state index contributed by atoms with van der Waals surface area (Å²) in [5.74, 6) is -0.696. The molecule has 2 aromatic heterocycles. The third-order valence-corrected chi connectivity index (χ3v) is 5.48. The van der Waals surface area contributed by atoms with Crippen LogP contribution in [0.2, 0.25) is 0 Å². The number of oxazole rings is 1. The normalized spacial score (nSPS) is 13.0. The fraction of sp³-hybridized carbons (Fsp3) is 0.227. The van der Waals surface area contributed by atoms with Crippen molar-refractivity contribution in [2.75, 3.05) is 6.54 Å². The van der Waals surface area contributed by atoms with Crippen LogP contribution >= 0.6 is 0 Å². The predicted molar refractivity (Wildman–Crippen MR) is 110 cm³/mol. The molecule has 152 valence electrons. The van der Waals surface area contributed by atoms with Crippen molar-refractivity contribution in [2.24, 2.45) is 0 Å². The zero-order valence-corrected chi connectivity index (χ0v) is 16.4. The molecule has 4 aromatic rings. The van der Waals surface area contributed by atoms with Gasteiger partial charge in [0.1, 0.15) is 6.61 Å². The Balaban J connectivity index is 1.20. The fourth-order valence-corrected chi connectivity index (χ4v) is 3.80. The number of aromatic amines is 1. The third-order valence-electron chi connectivity index (χ3n) is 5.48. The topological polar surface area (TPSA) is 102 Å². The summed E-state index contributed by atoms with van der Waals surface area (Å²) in [5, 5.41) is 7.84. The van der Waals surface area contributed by atoms with E-state index in [0.717, 1.165) is 35.3 Å². The maximum absolute atomic E-state index is 11.7. The second-order valence-corrected chi connectivity index (χ2v) is 7.37. The molecule has 0 aliphatic carbocycles.